The van der Waals surface area contributed by atoms with Crippen molar-refractivity contribution in [1.29, 1.82) is 0 Å². The number of ether oxygens (including phenoxy) is 1. The number of halogens is 1. The third kappa shape index (κ3) is 2.56. The van der Waals surface area contributed by atoms with Crippen molar-refractivity contribution in [2.75, 3.05) is 26.3 Å². The van der Waals surface area contributed by atoms with E-state index >= 15 is 0 Å². The summed E-state index contributed by atoms with van der Waals surface area (Å²) < 4.78 is 5.57. The van der Waals surface area contributed by atoms with E-state index in [-0.39, 0.29) is 0 Å². The van der Waals surface area contributed by atoms with Gasteiger partial charge in [-0.15, -0.1) is 0 Å². The Morgan fingerprint density at radius 3 is 2.72 bits per heavy atom. The Balaban J connectivity index is 1.80. The van der Waals surface area contributed by atoms with E-state index in [4.69, 9.17) is 16.3 Å². The van der Waals surface area contributed by atoms with Crippen LogP contribution in [0.4, 0.5) is 0 Å². The molecule has 1 N–H and O–H groups in total. The van der Waals surface area contributed by atoms with Crippen molar-refractivity contribution in [2.24, 2.45) is 11.8 Å². The molecule has 3 unspecified atom stereocenters. The van der Waals surface area contributed by atoms with Crippen molar-refractivity contribution in [3.05, 3.63) is 34.9 Å². The molecular formula is C15H20ClNO. The van der Waals surface area contributed by atoms with Crippen LogP contribution in [0.15, 0.2) is 24.3 Å². The third-order valence-electron chi connectivity index (χ3n) is 4.40. The molecule has 3 rings (SSSR count). The van der Waals surface area contributed by atoms with Crippen molar-refractivity contribution in [3.63, 3.8) is 0 Å². The van der Waals surface area contributed by atoms with E-state index in [9.17, 15) is 0 Å². The van der Waals surface area contributed by atoms with E-state index in [1.807, 2.05) is 12.1 Å². The number of nitrogens with one attached hydrogen (secondary N) is 1. The van der Waals surface area contributed by atoms with Gasteiger partial charge in [0.1, 0.15) is 0 Å². The quantitative estimate of drug-likeness (QED) is 0.887. The molecule has 0 spiro atoms. The van der Waals surface area contributed by atoms with Gasteiger partial charge < -0.3 is 10.1 Å². The van der Waals surface area contributed by atoms with Gasteiger partial charge in [0, 0.05) is 24.8 Å². The second-order valence-corrected chi connectivity index (χ2v) is 5.87. The average molecular weight is 266 g/mol. The fourth-order valence-corrected chi connectivity index (χ4v) is 3.53. The highest BCUT2D eigenvalue weighted by atomic mass is 35.5. The van der Waals surface area contributed by atoms with Crippen LogP contribution in [0.3, 0.4) is 0 Å². The van der Waals surface area contributed by atoms with E-state index in [2.05, 4.69) is 17.4 Å². The summed E-state index contributed by atoms with van der Waals surface area (Å²) >= 11 is 5.98. The van der Waals surface area contributed by atoms with Gasteiger partial charge in [-0.1, -0.05) is 23.7 Å². The first-order valence-corrected chi connectivity index (χ1v) is 7.26. The molecule has 2 saturated heterocycles. The lowest BCUT2D eigenvalue weighted by Gasteiger charge is -2.36. The van der Waals surface area contributed by atoms with E-state index in [0.29, 0.717) is 5.92 Å². The summed E-state index contributed by atoms with van der Waals surface area (Å²) in [5.74, 6) is 2.12. The van der Waals surface area contributed by atoms with Gasteiger partial charge in [0.15, 0.2) is 0 Å². The summed E-state index contributed by atoms with van der Waals surface area (Å²) in [6, 6.07) is 8.38. The molecular weight excluding hydrogens is 246 g/mol. The number of piperidine rings is 1. The van der Waals surface area contributed by atoms with Crippen molar-refractivity contribution in [3.8, 4) is 0 Å². The monoisotopic (exact) mass is 265 g/mol. The van der Waals surface area contributed by atoms with Gasteiger partial charge in [0.25, 0.3) is 0 Å². The van der Waals surface area contributed by atoms with Crippen LogP contribution in [0.1, 0.15) is 24.3 Å². The first-order valence-electron chi connectivity index (χ1n) is 6.88. The predicted molar refractivity (Wildman–Crippen MR) is 74.1 cm³/mol. The van der Waals surface area contributed by atoms with E-state index < -0.39 is 0 Å². The van der Waals surface area contributed by atoms with Gasteiger partial charge in [0.2, 0.25) is 0 Å². The van der Waals surface area contributed by atoms with Crippen molar-refractivity contribution in [1.82, 2.24) is 5.32 Å². The Kier molecular flexibility index (Phi) is 3.88. The second-order valence-electron chi connectivity index (χ2n) is 5.44. The molecule has 3 heteroatoms. The number of benzene rings is 1. The molecule has 0 radical (unpaired) electrons. The van der Waals surface area contributed by atoms with Gasteiger partial charge in [-0.05, 0) is 54.8 Å². The summed E-state index contributed by atoms with van der Waals surface area (Å²) in [6.07, 6.45) is 2.50. The first-order chi connectivity index (χ1) is 8.84. The normalized spacial score (nSPS) is 32.6. The molecule has 2 heterocycles. The highest BCUT2D eigenvalue weighted by Gasteiger charge is 2.34. The zero-order chi connectivity index (χ0) is 12.4. The van der Waals surface area contributed by atoms with Crippen LogP contribution in [-0.4, -0.2) is 26.3 Å². The molecule has 0 aromatic heterocycles. The van der Waals surface area contributed by atoms with Crippen LogP contribution >= 0.6 is 11.6 Å². The Bertz CT molecular complexity index is 386. The SMILES string of the molecule is Clc1ccc(C2CNCCC2C2CCOC2)cc1. The highest BCUT2D eigenvalue weighted by molar-refractivity contribution is 6.30. The van der Waals surface area contributed by atoms with Gasteiger partial charge in [-0.2, -0.15) is 0 Å². The second kappa shape index (κ2) is 5.60. The third-order valence-corrected chi connectivity index (χ3v) is 4.66. The molecule has 1 aromatic rings. The van der Waals surface area contributed by atoms with E-state index in [0.717, 1.165) is 43.2 Å². The van der Waals surface area contributed by atoms with Crippen LogP contribution < -0.4 is 5.32 Å². The molecule has 0 amide bonds. The van der Waals surface area contributed by atoms with Crippen molar-refractivity contribution in [2.45, 2.75) is 18.8 Å². The fraction of sp³-hybridized carbons (Fsp3) is 0.600. The predicted octanol–water partition coefficient (Wildman–Crippen LogP) is 3.07. The summed E-state index contributed by atoms with van der Waals surface area (Å²) in [4.78, 5) is 0. The molecule has 0 aliphatic carbocycles. The van der Waals surface area contributed by atoms with Crippen molar-refractivity contribution < 1.29 is 4.74 Å². The molecule has 1 aromatic carbocycles. The topological polar surface area (TPSA) is 21.3 Å². The van der Waals surface area contributed by atoms with Crippen LogP contribution in [0.5, 0.6) is 0 Å². The lowest BCUT2D eigenvalue weighted by atomic mass is 9.74. The Morgan fingerprint density at radius 1 is 1.17 bits per heavy atom. The van der Waals surface area contributed by atoms with Crippen LogP contribution in [0.2, 0.25) is 5.02 Å². The van der Waals surface area contributed by atoms with Gasteiger partial charge in [-0.3, -0.25) is 0 Å². The lowest BCUT2D eigenvalue weighted by molar-refractivity contribution is 0.154. The maximum Gasteiger partial charge on any atom is 0.0498 e. The van der Waals surface area contributed by atoms with Gasteiger partial charge in [-0.25, -0.2) is 0 Å². The molecule has 2 aliphatic heterocycles. The summed E-state index contributed by atoms with van der Waals surface area (Å²) in [6.45, 7) is 4.13. The maximum absolute atomic E-state index is 5.98. The van der Waals surface area contributed by atoms with E-state index in [1.165, 1.54) is 18.4 Å². The van der Waals surface area contributed by atoms with Crippen LogP contribution in [0.25, 0.3) is 0 Å². The smallest absolute Gasteiger partial charge is 0.0498 e. The van der Waals surface area contributed by atoms with Crippen LogP contribution in [-0.2, 0) is 4.74 Å². The number of rotatable bonds is 2. The largest absolute Gasteiger partial charge is 0.381 e. The minimum atomic E-state index is 0.614. The Labute approximate surface area is 114 Å². The average Bonchev–Trinajstić information content (AvgIpc) is 2.93. The number of hydrogen-bond donors (Lipinski definition) is 1. The lowest BCUT2D eigenvalue weighted by Crippen LogP contribution is -2.38. The van der Waals surface area contributed by atoms with Gasteiger partial charge >= 0.3 is 0 Å². The summed E-state index contributed by atoms with van der Waals surface area (Å²) in [5.41, 5.74) is 1.42. The highest BCUT2D eigenvalue weighted by Crippen LogP contribution is 2.38. The number of hydrogen-bond acceptors (Lipinski definition) is 2. The molecule has 2 nitrogen and oxygen atoms in total. The molecule has 3 atom stereocenters. The minimum Gasteiger partial charge on any atom is -0.381 e. The Morgan fingerprint density at radius 2 is 2.00 bits per heavy atom. The summed E-state index contributed by atoms with van der Waals surface area (Å²) in [7, 11) is 0. The van der Waals surface area contributed by atoms with Gasteiger partial charge in [0.05, 0.1) is 0 Å². The fourth-order valence-electron chi connectivity index (χ4n) is 3.41. The zero-order valence-corrected chi connectivity index (χ0v) is 11.3. The summed E-state index contributed by atoms with van der Waals surface area (Å²) in [5, 5.41) is 4.35. The molecule has 18 heavy (non-hydrogen) atoms. The van der Waals surface area contributed by atoms with E-state index in [1.54, 1.807) is 0 Å². The maximum atomic E-state index is 5.98. The standard InChI is InChI=1S/C15H20ClNO/c16-13-3-1-11(2-4-13)15-9-17-7-5-14(15)12-6-8-18-10-12/h1-4,12,14-15,17H,5-10H2. The minimum absolute atomic E-state index is 0.614. The molecule has 0 saturated carbocycles. The molecule has 2 fully saturated rings. The molecule has 98 valence electrons. The first kappa shape index (κ1) is 12.5. The molecule has 0 bridgehead atoms. The zero-order valence-electron chi connectivity index (χ0n) is 10.6. The molecule has 2 aliphatic rings. The van der Waals surface area contributed by atoms with Crippen LogP contribution in [0, 0.1) is 11.8 Å². The Hall–Kier alpha value is -0.570. The van der Waals surface area contributed by atoms with Crippen molar-refractivity contribution >= 4 is 11.6 Å².